The van der Waals surface area contributed by atoms with Gasteiger partial charge in [-0.15, -0.1) is 10.2 Å². The van der Waals surface area contributed by atoms with Gasteiger partial charge >= 0.3 is 0 Å². The molecule has 1 aromatic heterocycles. The van der Waals surface area contributed by atoms with Crippen molar-refractivity contribution in [1.29, 1.82) is 0 Å². The summed E-state index contributed by atoms with van der Waals surface area (Å²) in [5.41, 5.74) is 4.33. The van der Waals surface area contributed by atoms with Crippen LogP contribution in [0.1, 0.15) is 12.5 Å². The molecule has 0 atom stereocenters. The zero-order valence-corrected chi connectivity index (χ0v) is 19.3. The average molecular weight is 471 g/mol. The van der Waals surface area contributed by atoms with E-state index in [1.165, 1.54) is 23.9 Å². The van der Waals surface area contributed by atoms with Crippen LogP contribution in [-0.2, 0) is 11.8 Å². The third-order valence-corrected chi connectivity index (χ3v) is 5.65. The van der Waals surface area contributed by atoms with Gasteiger partial charge in [-0.2, -0.15) is 5.10 Å². The van der Waals surface area contributed by atoms with E-state index in [9.17, 15) is 14.9 Å². The Bertz CT molecular complexity index is 1210. The molecule has 2 aromatic carbocycles. The number of nitrogens with zero attached hydrogens (tertiary/aromatic N) is 5. The molecule has 0 saturated heterocycles. The zero-order valence-electron chi connectivity index (χ0n) is 18.4. The van der Waals surface area contributed by atoms with Gasteiger partial charge in [-0.25, -0.2) is 5.43 Å². The molecule has 1 amide bonds. The number of aromatic nitrogens is 3. The standard InChI is InChI=1S/C21H22N6O5S/c1-13(17-9-8-16(31-3)11-18(17)32-4)22-23-19(28)12-33-21-25-24-20(26(21)2)14-6-5-7-15(10-14)27(29)30/h5-11H,12H2,1-4H3,(H,23,28)/b22-13+. The molecule has 12 heteroatoms. The van der Waals surface area contributed by atoms with E-state index >= 15 is 0 Å². The van der Waals surface area contributed by atoms with E-state index in [1.54, 1.807) is 63.1 Å². The van der Waals surface area contributed by atoms with Crippen LogP contribution in [-0.4, -0.2) is 51.3 Å². The number of non-ortho nitro benzene ring substituents is 1. The molecule has 0 saturated carbocycles. The number of hydrogen-bond acceptors (Lipinski definition) is 9. The van der Waals surface area contributed by atoms with Gasteiger partial charge in [0.2, 0.25) is 0 Å². The molecular weight excluding hydrogens is 448 g/mol. The molecule has 33 heavy (non-hydrogen) atoms. The number of carbonyl (C=O) groups is 1. The predicted octanol–water partition coefficient (Wildman–Crippen LogP) is 3.04. The van der Waals surface area contributed by atoms with Gasteiger partial charge in [0.15, 0.2) is 11.0 Å². The number of carbonyl (C=O) groups excluding carboxylic acids is 1. The number of amides is 1. The number of benzene rings is 2. The van der Waals surface area contributed by atoms with Crippen LogP contribution in [0.25, 0.3) is 11.4 Å². The highest BCUT2D eigenvalue weighted by molar-refractivity contribution is 7.99. The second kappa shape index (κ2) is 10.6. The van der Waals surface area contributed by atoms with E-state index < -0.39 is 4.92 Å². The second-order valence-corrected chi connectivity index (χ2v) is 7.70. The summed E-state index contributed by atoms with van der Waals surface area (Å²) in [5.74, 6) is 1.41. The molecule has 11 nitrogen and oxygen atoms in total. The maximum Gasteiger partial charge on any atom is 0.270 e. The van der Waals surface area contributed by atoms with Crippen LogP contribution >= 0.6 is 11.8 Å². The zero-order chi connectivity index (χ0) is 24.0. The molecule has 0 spiro atoms. The number of rotatable bonds is 9. The molecular formula is C21H22N6O5S. The highest BCUT2D eigenvalue weighted by atomic mass is 32.2. The summed E-state index contributed by atoms with van der Waals surface area (Å²) in [7, 11) is 4.84. The first-order chi connectivity index (χ1) is 15.8. The molecule has 0 unspecified atom stereocenters. The lowest BCUT2D eigenvalue weighted by atomic mass is 10.1. The smallest absolute Gasteiger partial charge is 0.270 e. The number of methoxy groups -OCH3 is 2. The third kappa shape index (κ3) is 5.66. The Morgan fingerprint density at radius 1 is 1.21 bits per heavy atom. The number of nitro groups is 1. The van der Waals surface area contributed by atoms with Crippen LogP contribution in [0, 0.1) is 10.1 Å². The van der Waals surface area contributed by atoms with Crippen LogP contribution < -0.4 is 14.9 Å². The van der Waals surface area contributed by atoms with Crippen LogP contribution in [0.3, 0.4) is 0 Å². The lowest BCUT2D eigenvalue weighted by Crippen LogP contribution is -2.21. The first kappa shape index (κ1) is 23.7. The van der Waals surface area contributed by atoms with Crippen molar-refractivity contribution in [3.05, 3.63) is 58.1 Å². The predicted molar refractivity (Wildman–Crippen MR) is 124 cm³/mol. The molecule has 0 bridgehead atoms. The lowest BCUT2D eigenvalue weighted by molar-refractivity contribution is -0.384. The van der Waals surface area contributed by atoms with Gasteiger partial charge in [-0.05, 0) is 19.1 Å². The van der Waals surface area contributed by atoms with Gasteiger partial charge < -0.3 is 14.0 Å². The topological polar surface area (TPSA) is 134 Å². The molecule has 1 N–H and O–H groups in total. The Labute approximate surface area is 194 Å². The second-order valence-electron chi connectivity index (χ2n) is 6.76. The van der Waals surface area contributed by atoms with Crippen LogP contribution in [0.5, 0.6) is 11.5 Å². The van der Waals surface area contributed by atoms with Gasteiger partial charge in [-0.1, -0.05) is 23.9 Å². The normalized spacial score (nSPS) is 11.2. The summed E-state index contributed by atoms with van der Waals surface area (Å²) in [6.45, 7) is 1.76. The number of ether oxygens (including phenoxy) is 2. The monoisotopic (exact) mass is 470 g/mol. The molecule has 3 rings (SSSR count). The minimum absolute atomic E-state index is 0.0363. The van der Waals surface area contributed by atoms with E-state index in [2.05, 4.69) is 20.7 Å². The lowest BCUT2D eigenvalue weighted by Gasteiger charge is -2.10. The average Bonchev–Trinajstić information content (AvgIpc) is 3.20. The Hall–Kier alpha value is -3.93. The quantitative estimate of drug-likeness (QED) is 0.218. The summed E-state index contributed by atoms with van der Waals surface area (Å²) >= 11 is 1.17. The first-order valence-corrected chi connectivity index (χ1v) is 10.6. The minimum Gasteiger partial charge on any atom is -0.497 e. The Morgan fingerprint density at radius 2 is 2.00 bits per heavy atom. The van der Waals surface area contributed by atoms with Crippen LogP contribution in [0.2, 0.25) is 0 Å². The summed E-state index contributed by atoms with van der Waals surface area (Å²) in [6.07, 6.45) is 0. The highest BCUT2D eigenvalue weighted by Crippen LogP contribution is 2.26. The molecule has 172 valence electrons. The molecule has 1 heterocycles. The fraction of sp³-hybridized carbons (Fsp3) is 0.238. The SMILES string of the molecule is COc1ccc(/C(C)=N/NC(=O)CSc2nnc(-c3cccc([N+](=O)[O-])c3)n2C)c(OC)c1. The molecule has 3 aromatic rings. The number of hydrazone groups is 1. The molecule has 0 fully saturated rings. The molecule has 0 aliphatic heterocycles. The van der Waals surface area contributed by atoms with Crippen molar-refractivity contribution in [2.24, 2.45) is 12.1 Å². The van der Waals surface area contributed by atoms with Crippen molar-refractivity contribution in [3.8, 4) is 22.9 Å². The molecule has 0 aliphatic rings. The number of nitrogens with one attached hydrogen (secondary N) is 1. The Balaban J connectivity index is 1.64. The summed E-state index contributed by atoms with van der Waals surface area (Å²) in [4.78, 5) is 22.8. The molecule has 0 aliphatic carbocycles. The molecule has 0 radical (unpaired) electrons. The van der Waals surface area contributed by atoms with Crippen LogP contribution in [0.4, 0.5) is 5.69 Å². The van der Waals surface area contributed by atoms with Gasteiger partial charge in [0, 0.05) is 36.4 Å². The van der Waals surface area contributed by atoms with E-state index in [1.807, 2.05) is 0 Å². The Kier molecular flexibility index (Phi) is 7.61. The summed E-state index contributed by atoms with van der Waals surface area (Å²) in [6, 6.07) is 11.4. The van der Waals surface area contributed by atoms with E-state index in [-0.39, 0.29) is 17.3 Å². The fourth-order valence-corrected chi connectivity index (χ4v) is 3.62. The maximum absolute atomic E-state index is 12.3. The summed E-state index contributed by atoms with van der Waals surface area (Å²) < 4.78 is 12.2. The van der Waals surface area contributed by atoms with Crippen molar-refractivity contribution in [1.82, 2.24) is 20.2 Å². The third-order valence-electron chi connectivity index (χ3n) is 4.63. The van der Waals surface area contributed by atoms with E-state index in [4.69, 9.17) is 9.47 Å². The van der Waals surface area contributed by atoms with Crippen LogP contribution in [0.15, 0.2) is 52.7 Å². The van der Waals surface area contributed by atoms with Crippen molar-refractivity contribution < 1.29 is 19.2 Å². The van der Waals surface area contributed by atoms with Gasteiger partial charge in [0.05, 0.1) is 30.6 Å². The minimum atomic E-state index is -0.468. The Morgan fingerprint density at radius 3 is 2.70 bits per heavy atom. The van der Waals surface area contributed by atoms with Crippen molar-refractivity contribution in [3.63, 3.8) is 0 Å². The van der Waals surface area contributed by atoms with Gasteiger partial charge in [-0.3, -0.25) is 14.9 Å². The van der Waals surface area contributed by atoms with E-state index in [0.717, 1.165) is 5.56 Å². The maximum atomic E-state index is 12.3. The van der Waals surface area contributed by atoms with Crippen molar-refractivity contribution in [2.75, 3.05) is 20.0 Å². The summed E-state index contributed by atoms with van der Waals surface area (Å²) in [5, 5.41) is 23.8. The largest absolute Gasteiger partial charge is 0.497 e. The van der Waals surface area contributed by atoms with Crippen molar-refractivity contribution in [2.45, 2.75) is 12.1 Å². The van der Waals surface area contributed by atoms with Crippen molar-refractivity contribution >= 4 is 29.1 Å². The number of thioether (sulfide) groups is 1. The first-order valence-electron chi connectivity index (χ1n) is 9.66. The highest BCUT2D eigenvalue weighted by Gasteiger charge is 2.15. The van der Waals surface area contributed by atoms with E-state index in [0.29, 0.717) is 33.8 Å². The number of hydrogen-bond donors (Lipinski definition) is 1. The fourth-order valence-electron chi connectivity index (χ4n) is 2.92. The van der Waals surface area contributed by atoms with Gasteiger partial charge in [0.1, 0.15) is 11.5 Å². The number of nitro benzene ring substituents is 1. The van der Waals surface area contributed by atoms with Gasteiger partial charge in [0.25, 0.3) is 11.6 Å².